The number of hydrogen-bond donors (Lipinski definition) is 1. The van der Waals surface area contributed by atoms with E-state index in [1.54, 1.807) is 17.4 Å². The Bertz CT molecular complexity index is 720. The van der Waals surface area contributed by atoms with Crippen molar-refractivity contribution in [1.82, 2.24) is 10.5 Å². The van der Waals surface area contributed by atoms with E-state index in [-0.39, 0.29) is 11.9 Å². The van der Waals surface area contributed by atoms with Crippen LogP contribution in [0.4, 0.5) is 0 Å². The maximum absolute atomic E-state index is 12.2. The summed E-state index contributed by atoms with van der Waals surface area (Å²) < 4.78 is 5.22. The van der Waals surface area contributed by atoms with Gasteiger partial charge in [0.05, 0.1) is 10.9 Å². The van der Waals surface area contributed by atoms with Crippen molar-refractivity contribution in [2.75, 3.05) is 0 Å². The largest absolute Gasteiger partial charge is 0.355 e. The molecular formula is C16H14N2O2S. The number of aromatic nitrogens is 1. The van der Waals surface area contributed by atoms with Gasteiger partial charge in [0.1, 0.15) is 0 Å². The highest BCUT2D eigenvalue weighted by molar-refractivity contribution is 7.13. The van der Waals surface area contributed by atoms with Gasteiger partial charge in [0, 0.05) is 6.07 Å². The lowest BCUT2D eigenvalue weighted by atomic mass is 10.1. The molecule has 21 heavy (non-hydrogen) atoms. The molecule has 5 heteroatoms. The Kier molecular flexibility index (Phi) is 3.83. The molecular weight excluding hydrogens is 284 g/mol. The number of hydrogen-bond acceptors (Lipinski definition) is 4. The minimum atomic E-state index is -0.238. The number of amides is 1. The number of thiophene rings is 1. The van der Waals surface area contributed by atoms with Gasteiger partial charge in [-0.15, -0.1) is 11.3 Å². The number of carbonyl (C=O) groups excluding carboxylic acids is 1. The third-order valence-electron chi connectivity index (χ3n) is 3.15. The normalized spacial score (nSPS) is 12.0. The van der Waals surface area contributed by atoms with E-state index in [9.17, 15) is 4.79 Å². The summed E-state index contributed by atoms with van der Waals surface area (Å²) in [6, 6.07) is 15.2. The molecule has 0 aliphatic rings. The Labute approximate surface area is 126 Å². The number of nitrogens with zero attached hydrogens (tertiary/aromatic N) is 1. The first-order valence-corrected chi connectivity index (χ1v) is 7.48. The first-order valence-electron chi connectivity index (χ1n) is 6.60. The summed E-state index contributed by atoms with van der Waals surface area (Å²) in [7, 11) is 0. The number of carbonyl (C=O) groups is 1. The molecule has 0 aliphatic heterocycles. The van der Waals surface area contributed by atoms with Crippen molar-refractivity contribution in [3.05, 3.63) is 65.2 Å². The van der Waals surface area contributed by atoms with Crippen LogP contribution in [0, 0.1) is 0 Å². The van der Waals surface area contributed by atoms with Gasteiger partial charge in [-0.1, -0.05) is 41.6 Å². The van der Waals surface area contributed by atoms with Gasteiger partial charge in [-0.3, -0.25) is 4.79 Å². The van der Waals surface area contributed by atoms with Crippen molar-refractivity contribution >= 4 is 17.2 Å². The maximum Gasteiger partial charge on any atom is 0.273 e. The molecule has 0 radical (unpaired) electrons. The number of rotatable bonds is 4. The van der Waals surface area contributed by atoms with Crippen molar-refractivity contribution in [2.24, 2.45) is 0 Å². The Hall–Kier alpha value is -2.40. The summed E-state index contributed by atoms with van der Waals surface area (Å²) in [5.74, 6) is 0.375. The van der Waals surface area contributed by atoms with Crippen LogP contribution >= 0.6 is 11.3 Å². The summed E-state index contributed by atoms with van der Waals surface area (Å²) in [6.07, 6.45) is 0. The first-order chi connectivity index (χ1) is 10.2. The van der Waals surface area contributed by atoms with E-state index in [0.29, 0.717) is 11.5 Å². The van der Waals surface area contributed by atoms with E-state index >= 15 is 0 Å². The van der Waals surface area contributed by atoms with E-state index in [0.717, 1.165) is 10.4 Å². The Balaban J connectivity index is 1.71. The molecule has 0 saturated carbocycles. The highest BCUT2D eigenvalue weighted by Crippen LogP contribution is 2.25. The van der Waals surface area contributed by atoms with E-state index in [1.165, 1.54) is 0 Å². The maximum atomic E-state index is 12.2. The molecule has 1 N–H and O–H groups in total. The van der Waals surface area contributed by atoms with Crippen LogP contribution in [0.1, 0.15) is 29.0 Å². The van der Waals surface area contributed by atoms with Crippen molar-refractivity contribution in [1.29, 1.82) is 0 Å². The van der Waals surface area contributed by atoms with Gasteiger partial charge in [0.2, 0.25) is 0 Å². The van der Waals surface area contributed by atoms with Crippen LogP contribution in [-0.2, 0) is 0 Å². The molecule has 2 heterocycles. The second-order valence-electron chi connectivity index (χ2n) is 4.66. The lowest BCUT2D eigenvalue weighted by Crippen LogP contribution is -2.26. The molecule has 0 saturated heterocycles. The van der Waals surface area contributed by atoms with Gasteiger partial charge in [-0.25, -0.2) is 0 Å². The van der Waals surface area contributed by atoms with E-state index in [2.05, 4.69) is 10.5 Å². The fourth-order valence-corrected chi connectivity index (χ4v) is 2.69. The minimum Gasteiger partial charge on any atom is -0.355 e. The average Bonchev–Trinajstić information content (AvgIpc) is 3.19. The van der Waals surface area contributed by atoms with Crippen LogP contribution in [0.15, 0.2) is 58.4 Å². The highest BCUT2D eigenvalue weighted by Gasteiger charge is 2.16. The van der Waals surface area contributed by atoms with Gasteiger partial charge in [-0.2, -0.15) is 0 Å². The Morgan fingerprint density at radius 2 is 2.05 bits per heavy atom. The summed E-state index contributed by atoms with van der Waals surface area (Å²) in [5, 5.41) is 8.70. The van der Waals surface area contributed by atoms with Gasteiger partial charge >= 0.3 is 0 Å². The summed E-state index contributed by atoms with van der Waals surface area (Å²) in [4.78, 5) is 13.1. The predicted octanol–water partition coefficient (Wildman–Crippen LogP) is 3.89. The van der Waals surface area contributed by atoms with Crippen molar-refractivity contribution in [3.63, 3.8) is 0 Å². The van der Waals surface area contributed by atoms with Crippen LogP contribution in [-0.4, -0.2) is 11.1 Å². The molecule has 0 unspecified atom stereocenters. The third kappa shape index (κ3) is 3.03. The quantitative estimate of drug-likeness (QED) is 0.795. The zero-order valence-corrected chi connectivity index (χ0v) is 12.3. The van der Waals surface area contributed by atoms with Crippen molar-refractivity contribution in [3.8, 4) is 10.6 Å². The molecule has 2 aromatic heterocycles. The smallest absolute Gasteiger partial charge is 0.273 e. The molecule has 106 valence electrons. The number of nitrogens with one attached hydrogen (secondary N) is 1. The van der Waals surface area contributed by atoms with Crippen LogP contribution in [0.3, 0.4) is 0 Å². The molecule has 0 aliphatic carbocycles. The summed E-state index contributed by atoms with van der Waals surface area (Å²) >= 11 is 1.55. The van der Waals surface area contributed by atoms with Crippen LogP contribution < -0.4 is 5.32 Å². The molecule has 1 atom stereocenters. The summed E-state index contributed by atoms with van der Waals surface area (Å²) in [5.41, 5.74) is 1.34. The van der Waals surface area contributed by atoms with Crippen LogP contribution in [0.2, 0.25) is 0 Å². The lowest BCUT2D eigenvalue weighted by Gasteiger charge is -2.12. The predicted molar refractivity (Wildman–Crippen MR) is 82.1 cm³/mol. The molecule has 1 aromatic carbocycles. The van der Waals surface area contributed by atoms with Gasteiger partial charge in [0.15, 0.2) is 11.5 Å². The SMILES string of the molecule is C[C@@H](NC(=O)c1cc(-c2cccs2)on1)c1ccccc1. The standard InChI is InChI=1S/C16H14N2O2S/c1-11(12-6-3-2-4-7-12)17-16(19)13-10-14(20-18-13)15-8-5-9-21-15/h2-11H,1H3,(H,17,19)/t11-/m1/s1. The number of benzene rings is 1. The lowest BCUT2D eigenvalue weighted by molar-refractivity contribution is 0.0931. The van der Waals surface area contributed by atoms with Crippen molar-refractivity contribution < 1.29 is 9.32 Å². The van der Waals surface area contributed by atoms with Gasteiger partial charge in [-0.05, 0) is 23.9 Å². The average molecular weight is 298 g/mol. The molecule has 3 aromatic rings. The van der Waals surface area contributed by atoms with Crippen LogP contribution in [0.25, 0.3) is 10.6 Å². The second kappa shape index (κ2) is 5.93. The fourth-order valence-electron chi connectivity index (χ4n) is 2.01. The monoisotopic (exact) mass is 298 g/mol. The molecule has 3 rings (SSSR count). The highest BCUT2D eigenvalue weighted by atomic mass is 32.1. The Morgan fingerprint density at radius 1 is 1.24 bits per heavy atom. The zero-order chi connectivity index (χ0) is 14.7. The fraction of sp³-hybridized carbons (Fsp3) is 0.125. The second-order valence-corrected chi connectivity index (χ2v) is 5.61. The molecule has 1 amide bonds. The van der Waals surface area contributed by atoms with Crippen molar-refractivity contribution in [2.45, 2.75) is 13.0 Å². The van der Waals surface area contributed by atoms with Gasteiger partial charge in [0.25, 0.3) is 5.91 Å². The Morgan fingerprint density at radius 3 is 2.76 bits per heavy atom. The van der Waals surface area contributed by atoms with Crippen LogP contribution in [0.5, 0.6) is 0 Å². The van der Waals surface area contributed by atoms with E-state index in [1.807, 2.05) is 54.8 Å². The zero-order valence-electron chi connectivity index (χ0n) is 11.4. The van der Waals surface area contributed by atoms with E-state index < -0.39 is 0 Å². The molecule has 0 spiro atoms. The van der Waals surface area contributed by atoms with Gasteiger partial charge < -0.3 is 9.84 Å². The summed E-state index contributed by atoms with van der Waals surface area (Å²) in [6.45, 7) is 1.94. The third-order valence-corrected chi connectivity index (χ3v) is 4.04. The van der Waals surface area contributed by atoms with E-state index in [4.69, 9.17) is 4.52 Å². The molecule has 0 bridgehead atoms. The molecule has 0 fully saturated rings. The minimum absolute atomic E-state index is 0.0828. The first kappa shape index (κ1) is 13.6. The topological polar surface area (TPSA) is 55.1 Å². The molecule has 4 nitrogen and oxygen atoms in total.